The van der Waals surface area contributed by atoms with Gasteiger partial charge in [-0.15, -0.1) is 0 Å². The van der Waals surface area contributed by atoms with Crippen LogP contribution in [-0.2, 0) is 29.1 Å². The Hall–Kier alpha value is -3.66. The highest BCUT2D eigenvalue weighted by Gasteiger charge is 2.20. The van der Waals surface area contributed by atoms with Crippen molar-refractivity contribution >= 4 is 29.4 Å². The van der Waals surface area contributed by atoms with Crippen LogP contribution in [0.3, 0.4) is 0 Å². The molecule has 0 aliphatic carbocycles. The number of carbonyl (C=O) groups excluding carboxylic acids is 2. The fourth-order valence-electron chi connectivity index (χ4n) is 4.35. The molecule has 1 amide bonds. The zero-order chi connectivity index (χ0) is 29.9. The monoisotopic (exact) mass is 583 g/mol. The van der Waals surface area contributed by atoms with Crippen molar-refractivity contribution < 1.29 is 28.6 Å². The third kappa shape index (κ3) is 8.66. The quantitative estimate of drug-likeness (QED) is 0.216. The summed E-state index contributed by atoms with van der Waals surface area (Å²) < 4.78 is 23.0. The second-order valence-electron chi connectivity index (χ2n) is 9.65. The minimum Gasteiger partial charge on any atom is -0.478 e. The van der Waals surface area contributed by atoms with Crippen molar-refractivity contribution in [1.82, 2.24) is 14.9 Å². The summed E-state index contributed by atoms with van der Waals surface area (Å²) in [5, 5.41) is 12.7. The summed E-state index contributed by atoms with van der Waals surface area (Å²) in [4.78, 5) is 40.5. The summed E-state index contributed by atoms with van der Waals surface area (Å²) >= 11 is 1.56. The molecule has 2 aromatic carbocycles. The second-order valence-corrected chi connectivity index (χ2v) is 11.1. The molecule has 1 aromatic heterocycles. The van der Waals surface area contributed by atoms with E-state index in [0.717, 1.165) is 11.4 Å². The Labute approximate surface area is 244 Å². The molecular formula is C31H38FN3O5S. The molecule has 0 aliphatic rings. The van der Waals surface area contributed by atoms with Crippen molar-refractivity contribution in [2.45, 2.75) is 71.7 Å². The van der Waals surface area contributed by atoms with Gasteiger partial charge in [0.15, 0.2) is 0 Å². The van der Waals surface area contributed by atoms with Crippen molar-refractivity contribution in [2.75, 3.05) is 12.4 Å². The summed E-state index contributed by atoms with van der Waals surface area (Å²) in [6.07, 6.45) is 2.10. The fraction of sp³-hybridized carbons (Fsp3) is 0.419. The maximum atomic E-state index is 15.4. The van der Waals surface area contributed by atoms with Crippen LogP contribution in [0, 0.1) is 5.82 Å². The number of halogens is 1. The molecule has 220 valence electrons. The molecule has 3 rings (SSSR count). The third-order valence-electron chi connectivity index (χ3n) is 6.73. The Morgan fingerprint density at radius 3 is 2.56 bits per heavy atom. The maximum absolute atomic E-state index is 15.4. The molecule has 0 saturated heterocycles. The van der Waals surface area contributed by atoms with Gasteiger partial charge in [-0.1, -0.05) is 51.1 Å². The van der Waals surface area contributed by atoms with Gasteiger partial charge in [0, 0.05) is 23.7 Å². The number of nitrogens with one attached hydrogen (secondary N) is 1. The number of hydrogen-bond donors (Lipinski definition) is 2. The number of thioether (sulfide) groups is 1. The number of imidazole rings is 1. The number of benzene rings is 2. The van der Waals surface area contributed by atoms with Gasteiger partial charge in [0.05, 0.1) is 42.4 Å². The largest absolute Gasteiger partial charge is 0.478 e. The van der Waals surface area contributed by atoms with E-state index < -0.39 is 11.8 Å². The van der Waals surface area contributed by atoms with Gasteiger partial charge in [-0.2, -0.15) is 16.7 Å². The SMILES string of the molecule is CCOc1nc(CC)c(CNC(=O)CC[C@H](C)SCC(=O)CC)n1Cc1ccc(-c2ccccc2C(=O)O)cc1F. The molecule has 3 aromatic rings. The van der Waals surface area contributed by atoms with Crippen LogP contribution in [0.5, 0.6) is 6.01 Å². The average Bonchev–Trinajstić information content (AvgIpc) is 3.30. The van der Waals surface area contributed by atoms with E-state index in [1.54, 1.807) is 46.7 Å². The molecule has 2 N–H and O–H groups in total. The summed E-state index contributed by atoms with van der Waals surface area (Å²) in [7, 11) is 0. The summed E-state index contributed by atoms with van der Waals surface area (Å²) in [6.45, 7) is 8.37. The number of aromatic nitrogens is 2. The molecule has 0 radical (unpaired) electrons. The van der Waals surface area contributed by atoms with Gasteiger partial charge >= 0.3 is 5.97 Å². The standard InChI is InChI=1S/C31H38FN3O5S/c1-5-23(36)19-41-20(4)12-15-29(37)33-17-28-27(6-2)34-31(40-7-3)35(28)18-22-14-13-21(16-26(22)32)24-10-8-9-11-25(24)30(38)39/h8-11,13-14,16,20H,5-7,12,15,17-19H2,1-4H3,(H,33,37)(H,38,39)/t20-/m0/s1. The Morgan fingerprint density at radius 1 is 1.15 bits per heavy atom. The van der Waals surface area contributed by atoms with E-state index in [-0.39, 0.29) is 35.6 Å². The van der Waals surface area contributed by atoms with Gasteiger partial charge in [0.25, 0.3) is 6.01 Å². The van der Waals surface area contributed by atoms with Gasteiger partial charge in [-0.05, 0) is 43.0 Å². The van der Waals surface area contributed by atoms with E-state index in [4.69, 9.17) is 4.74 Å². The zero-order valence-corrected chi connectivity index (χ0v) is 24.9. The van der Waals surface area contributed by atoms with Crippen LogP contribution in [0.4, 0.5) is 4.39 Å². The van der Waals surface area contributed by atoms with Gasteiger partial charge in [0.1, 0.15) is 11.6 Å². The minimum atomic E-state index is -1.08. The van der Waals surface area contributed by atoms with Crippen LogP contribution in [0.15, 0.2) is 42.5 Å². The third-order valence-corrected chi connectivity index (χ3v) is 8.03. The van der Waals surface area contributed by atoms with E-state index >= 15 is 4.39 Å². The van der Waals surface area contributed by atoms with E-state index in [1.165, 1.54) is 12.1 Å². The number of nitrogens with zero attached hydrogens (tertiary/aromatic N) is 2. The van der Waals surface area contributed by atoms with Crippen LogP contribution in [-0.4, -0.2) is 49.9 Å². The topological polar surface area (TPSA) is 111 Å². The number of Topliss-reactive ketones (excluding diaryl/α,β-unsaturated/α-hetero) is 1. The molecule has 0 bridgehead atoms. The molecule has 8 nitrogen and oxygen atoms in total. The lowest BCUT2D eigenvalue weighted by Gasteiger charge is -2.15. The molecule has 0 fully saturated rings. The highest BCUT2D eigenvalue weighted by molar-refractivity contribution is 8.00. The van der Waals surface area contributed by atoms with E-state index in [1.807, 2.05) is 27.7 Å². The highest BCUT2D eigenvalue weighted by Crippen LogP contribution is 2.28. The first-order chi connectivity index (χ1) is 19.7. The summed E-state index contributed by atoms with van der Waals surface area (Å²) in [5.41, 5.74) is 2.87. The molecule has 0 saturated carbocycles. The molecule has 0 unspecified atom stereocenters. The lowest BCUT2D eigenvalue weighted by Crippen LogP contribution is -2.25. The zero-order valence-electron chi connectivity index (χ0n) is 24.0. The number of rotatable bonds is 16. The first-order valence-corrected chi connectivity index (χ1v) is 14.9. The summed E-state index contributed by atoms with van der Waals surface area (Å²) in [6, 6.07) is 11.5. The van der Waals surface area contributed by atoms with Gasteiger partial charge < -0.3 is 15.2 Å². The average molecular weight is 584 g/mol. The number of ketones is 1. The van der Waals surface area contributed by atoms with Crippen molar-refractivity contribution in [2.24, 2.45) is 0 Å². The smallest absolute Gasteiger partial charge is 0.336 e. The van der Waals surface area contributed by atoms with Crippen LogP contribution < -0.4 is 10.1 Å². The number of aromatic carboxylic acids is 1. The Balaban J connectivity index is 1.78. The number of carbonyl (C=O) groups is 3. The van der Waals surface area contributed by atoms with Gasteiger partial charge in [0.2, 0.25) is 5.91 Å². The Morgan fingerprint density at radius 2 is 1.90 bits per heavy atom. The molecule has 1 atom stereocenters. The van der Waals surface area contributed by atoms with Crippen LogP contribution in [0.2, 0.25) is 0 Å². The Bertz CT molecular complexity index is 1370. The number of hydrogen-bond acceptors (Lipinski definition) is 6. The first-order valence-electron chi connectivity index (χ1n) is 13.9. The number of carboxylic acid groups (broad SMARTS) is 1. The van der Waals surface area contributed by atoms with E-state index in [2.05, 4.69) is 10.3 Å². The second kappa shape index (κ2) is 15.4. The van der Waals surface area contributed by atoms with Crippen LogP contribution >= 0.6 is 11.8 Å². The van der Waals surface area contributed by atoms with Crippen molar-refractivity contribution in [3.8, 4) is 17.1 Å². The molecule has 10 heteroatoms. The van der Waals surface area contributed by atoms with E-state index in [9.17, 15) is 19.5 Å². The highest BCUT2D eigenvalue weighted by atomic mass is 32.2. The van der Waals surface area contributed by atoms with Crippen molar-refractivity contribution in [3.05, 3.63) is 70.8 Å². The lowest BCUT2D eigenvalue weighted by molar-refractivity contribution is -0.121. The predicted octanol–water partition coefficient (Wildman–Crippen LogP) is 5.89. The van der Waals surface area contributed by atoms with Crippen molar-refractivity contribution in [1.29, 1.82) is 0 Å². The fourth-order valence-corrected chi connectivity index (χ4v) is 5.31. The van der Waals surface area contributed by atoms with Crippen LogP contribution in [0.1, 0.15) is 74.3 Å². The van der Waals surface area contributed by atoms with Gasteiger partial charge in [-0.3, -0.25) is 14.2 Å². The molecular weight excluding hydrogens is 545 g/mol. The van der Waals surface area contributed by atoms with E-state index in [0.29, 0.717) is 60.7 Å². The number of carboxylic acids is 1. The normalized spacial score (nSPS) is 11.7. The number of amides is 1. The van der Waals surface area contributed by atoms with Gasteiger partial charge in [-0.25, -0.2) is 9.18 Å². The molecule has 41 heavy (non-hydrogen) atoms. The lowest BCUT2D eigenvalue weighted by atomic mass is 9.98. The molecule has 0 spiro atoms. The maximum Gasteiger partial charge on any atom is 0.336 e. The minimum absolute atomic E-state index is 0.0981. The molecule has 0 aliphatic heterocycles. The predicted molar refractivity (Wildman–Crippen MR) is 159 cm³/mol. The number of ether oxygens (including phenoxy) is 1. The first kappa shape index (κ1) is 31.9. The summed E-state index contributed by atoms with van der Waals surface area (Å²) in [5.74, 6) is -1.02. The Kier molecular flexibility index (Phi) is 11.9. The van der Waals surface area contributed by atoms with Crippen molar-refractivity contribution in [3.63, 3.8) is 0 Å². The number of aryl methyl sites for hydroxylation is 1. The molecule has 1 heterocycles. The van der Waals surface area contributed by atoms with Crippen LogP contribution in [0.25, 0.3) is 11.1 Å².